The van der Waals surface area contributed by atoms with Crippen molar-refractivity contribution < 1.29 is 27.5 Å². The first-order valence-corrected chi connectivity index (χ1v) is 10.7. The van der Waals surface area contributed by atoms with Gasteiger partial charge in [-0.3, -0.25) is 9.59 Å². The smallest absolute Gasteiger partial charge is 0.309 e. The molecule has 30 heavy (non-hydrogen) atoms. The van der Waals surface area contributed by atoms with Gasteiger partial charge in [0.2, 0.25) is 10.0 Å². The molecule has 0 unspecified atom stereocenters. The third-order valence-corrected chi connectivity index (χ3v) is 6.45. The van der Waals surface area contributed by atoms with Gasteiger partial charge in [-0.15, -0.1) is 0 Å². The molecule has 0 radical (unpaired) electrons. The molecule has 1 fully saturated rings. The van der Waals surface area contributed by atoms with Crippen LogP contribution in [-0.2, 0) is 30.9 Å². The lowest BCUT2D eigenvalue weighted by atomic mass is 10.2. The average Bonchev–Trinajstić information content (AvgIpc) is 3.26. The fourth-order valence-electron chi connectivity index (χ4n) is 2.94. The molecule has 0 spiro atoms. The van der Waals surface area contributed by atoms with Crippen LogP contribution in [0.5, 0.6) is 5.75 Å². The molecule has 1 atom stereocenters. The molecule has 1 saturated heterocycles. The van der Waals surface area contributed by atoms with Gasteiger partial charge in [0.15, 0.2) is 0 Å². The number of carbonyl (C=O) groups is 2. The number of hydrogen-bond acceptors (Lipinski definition) is 6. The summed E-state index contributed by atoms with van der Waals surface area (Å²) in [6.07, 6.45) is -0.881. The lowest BCUT2D eigenvalue weighted by Crippen LogP contribution is -2.47. The highest BCUT2D eigenvalue weighted by atomic mass is 32.2. The quantitative estimate of drug-likeness (QED) is 0.614. The molecule has 1 aliphatic heterocycles. The van der Waals surface area contributed by atoms with E-state index in [9.17, 15) is 18.0 Å². The van der Waals surface area contributed by atoms with E-state index in [0.717, 1.165) is 5.56 Å². The van der Waals surface area contributed by atoms with Crippen molar-refractivity contribution in [3.63, 3.8) is 0 Å². The third-order valence-electron chi connectivity index (χ3n) is 4.55. The number of amides is 2. The molecule has 0 aromatic heterocycles. The Labute approximate surface area is 175 Å². The third kappa shape index (κ3) is 5.15. The van der Waals surface area contributed by atoms with Gasteiger partial charge in [-0.05, 0) is 29.8 Å². The molecule has 3 rings (SSSR count). The Balaban J connectivity index is 1.52. The van der Waals surface area contributed by atoms with Crippen LogP contribution in [0, 0.1) is 0 Å². The molecule has 1 heterocycles. The van der Waals surface area contributed by atoms with Crippen LogP contribution in [0.25, 0.3) is 0 Å². The minimum absolute atomic E-state index is 0.138. The summed E-state index contributed by atoms with van der Waals surface area (Å²) in [4.78, 5) is 24.2. The van der Waals surface area contributed by atoms with Crippen molar-refractivity contribution in [3.8, 4) is 5.75 Å². The molecular weight excluding hydrogens is 410 g/mol. The number of sulfonamides is 1. The van der Waals surface area contributed by atoms with Gasteiger partial charge in [0, 0.05) is 13.1 Å². The van der Waals surface area contributed by atoms with Crippen molar-refractivity contribution in [2.45, 2.75) is 17.7 Å². The minimum Gasteiger partial charge on any atom is -0.497 e. The standard InChI is InChI=1S/C20H23N3O6S/c1-28-16-9-7-15(8-10-16)13-21-19(24)20(25)22-14-18-23(11-12-29-18)30(26,27)17-5-3-2-4-6-17/h2-10,18H,11-14H2,1H3,(H,21,24)(H,22,25)/t18-/m0/s1. The Hall–Kier alpha value is -2.95. The molecule has 2 aromatic rings. The molecule has 0 aliphatic carbocycles. The largest absolute Gasteiger partial charge is 0.497 e. The summed E-state index contributed by atoms with van der Waals surface area (Å²) in [5.41, 5.74) is 0.802. The van der Waals surface area contributed by atoms with E-state index < -0.39 is 28.1 Å². The van der Waals surface area contributed by atoms with Gasteiger partial charge >= 0.3 is 11.8 Å². The maximum absolute atomic E-state index is 12.8. The second-order valence-corrected chi connectivity index (χ2v) is 8.39. The molecular formula is C20H23N3O6S. The number of carbonyl (C=O) groups excluding carboxylic acids is 2. The molecule has 9 nitrogen and oxygen atoms in total. The molecule has 10 heteroatoms. The second-order valence-electron chi connectivity index (χ2n) is 6.50. The van der Waals surface area contributed by atoms with Crippen LogP contribution >= 0.6 is 0 Å². The number of ether oxygens (including phenoxy) is 2. The average molecular weight is 433 g/mol. The molecule has 2 N–H and O–H groups in total. The molecule has 1 aliphatic rings. The lowest BCUT2D eigenvalue weighted by Gasteiger charge is -2.22. The van der Waals surface area contributed by atoms with Crippen molar-refractivity contribution in [2.24, 2.45) is 0 Å². The highest BCUT2D eigenvalue weighted by molar-refractivity contribution is 7.89. The van der Waals surface area contributed by atoms with Gasteiger partial charge in [0.05, 0.1) is 25.2 Å². The molecule has 2 amide bonds. The fraction of sp³-hybridized carbons (Fsp3) is 0.300. The van der Waals surface area contributed by atoms with Crippen LogP contribution in [0.2, 0.25) is 0 Å². The Bertz CT molecular complexity index is 979. The van der Waals surface area contributed by atoms with Crippen LogP contribution in [0.4, 0.5) is 0 Å². The number of benzene rings is 2. The predicted octanol–water partition coefficient (Wildman–Crippen LogP) is 0.475. The monoisotopic (exact) mass is 433 g/mol. The highest BCUT2D eigenvalue weighted by Crippen LogP contribution is 2.21. The summed E-state index contributed by atoms with van der Waals surface area (Å²) >= 11 is 0. The molecule has 2 aromatic carbocycles. The predicted molar refractivity (Wildman–Crippen MR) is 108 cm³/mol. The summed E-state index contributed by atoms with van der Waals surface area (Å²) in [5.74, 6) is -0.994. The minimum atomic E-state index is -3.76. The van der Waals surface area contributed by atoms with E-state index >= 15 is 0 Å². The van der Waals surface area contributed by atoms with E-state index in [0.29, 0.717) is 5.75 Å². The first-order valence-electron chi connectivity index (χ1n) is 9.29. The summed E-state index contributed by atoms with van der Waals surface area (Å²) in [5, 5.41) is 4.94. The van der Waals surface area contributed by atoms with E-state index in [1.165, 1.54) is 16.4 Å². The van der Waals surface area contributed by atoms with Crippen molar-refractivity contribution in [3.05, 3.63) is 60.2 Å². The van der Waals surface area contributed by atoms with Gasteiger partial charge in [-0.2, -0.15) is 4.31 Å². The van der Waals surface area contributed by atoms with E-state index in [1.807, 2.05) is 0 Å². The second kappa shape index (κ2) is 9.70. The van der Waals surface area contributed by atoms with Gasteiger partial charge in [-0.25, -0.2) is 8.42 Å². The van der Waals surface area contributed by atoms with Crippen LogP contribution in [0.3, 0.4) is 0 Å². The highest BCUT2D eigenvalue weighted by Gasteiger charge is 2.36. The van der Waals surface area contributed by atoms with Crippen molar-refractivity contribution >= 4 is 21.8 Å². The van der Waals surface area contributed by atoms with E-state index in [1.54, 1.807) is 49.6 Å². The summed E-state index contributed by atoms with van der Waals surface area (Å²) in [7, 11) is -2.20. The zero-order chi connectivity index (χ0) is 21.6. The Morgan fingerprint density at radius 3 is 2.40 bits per heavy atom. The number of methoxy groups -OCH3 is 1. The number of hydrogen-bond donors (Lipinski definition) is 2. The zero-order valence-electron chi connectivity index (χ0n) is 16.4. The van der Waals surface area contributed by atoms with Gasteiger partial charge < -0.3 is 20.1 Å². The summed E-state index contributed by atoms with van der Waals surface area (Å²) < 4.78 is 37.2. The molecule has 160 valence electrons. The van der Waals surface area contributed by atoms with Crippen LogP contribution < -0.4 is 15.4 Å². The summed E-state index contributed by atoms with van der Waals surface area (Å²) in [6.45, 7) is 0.406. The first kappa shape index (κ1) is 21.8. The first-order chi connectivity index (χ1) is 14.4. The SMILES string of the molecule is COc1ccc(CNC(=O)C(=O)NC[C@@H]2OCCN2S(=O)(=O)c2ccccc2)cc1. The van der Waals surface area contributed by atoms with Crippen molar-refractivity contribution in [1.29, 1.82) is 0 Å². The maximum atomic E-state index is 12.8. The zero-order valence-corrected chi connectivity index (χ0v) is 17.2. The van der Waals surface area contributed by atoms with Crippen LogP contribution in [-0.4, -0.2) is 57.6 Å². The molecule has 0 saturated carbocycles. The maximum Gasteiger partial charge on any atom is 0.309 e. The number of rotatable bonds is 7. The Morgan fingerprint density at radius 1 is 1.07 bits per heavy atom. The summed E-state index contributed by atoms with van der Waals surface area (Å²) in [6, 6.07) is 15.0. The fourth-order valence-corrected chi connectivity index (χ4v) is 4.47. The van der Waals surface area contributed by atoms with E-state index in [-0.39, 0.29) is 31.1 Å². The molecule has 0 bridgehead atoms. The van der Waals surface area contributed by atoms with Crippen LogP contribution in [0.15, 0.2) is 59.5 Å². The lowest BCUT2D eigenvalue weighted by molar-refractivity contribution is -0.139. The van der Waals surface area contributed by atoms with E-state index in [4.69, 9.17) is 9.47 Å². The van der Waals surface area contributed by atoms with Gasteiger partial charge in [-0.1, -0.05) is 30.3 Å². The number of nitrogens with zero attached hydrogens (tertiary/aromatic N) is 1. The van der Waals surface area contributed by atoms with Gasteiger partial charge in [0.25, 0.3) is 0 Å². The topological polar surface area (TPSA) is 114 Å². The number of nitrogens with one attached hydrogen (secondary N) is 2. The van der Waals surface area contributed by atoms with Crippen LogP contribution in [0.1, 0.15) is 5.56 Å². The van der Waals surface area contributed by atoms with Gasteiger partial charge in [0.1, 0.15) is 12.0 Å². The Kier molecular flexibility index (Phi) is 7.03. The van der Waals surface area contributed by atoms with Crippen molar-refractivity contribution in [2.75, 3.05) is 26.8 Å². The van der Waals surface area contributed by atoms with Crippen molar-refractivity contribution in [1.82, 2.24) is 14.9 Å². The Morgan fingerprint density at radius 2 is 1.73 bits per heavy atom. The van der Waals surface area contributed by atoms with E-state index in [2.05, 4.69) is 10.6 Å². The normalized spacial score (nSPS) is 16.8.